The van der Waals surface area contributed by atoms with Gasteiger partial charge >= 0.3 is 5.97 Å². The number of fused-ring (bicyclic) bond motifs is 1. The highest BCUT2D eigenvalue weighted by molar-refractivity contribution is 7.92. The number of anilines is 1. The van der Waals surface area contributed by atoms with Crippen LogP contribution in [0.3, 0.4) is 0 Å². The summed E-state index contributed by atoms with van der Waals surface area (Å²) in [5.74, 6) is -0.836. The number of nitrogens with zero attached hydrogens (tertiary/aromatic N) is 2. The van der Waals surface area contributed by atoms with Gasteiger partial charge < -0.3 is 24.6 Å². The summed E-state index contributed by atoms with van der Waals surface area (Å²) >= 11 is 0. The normalized spacial score (nSPS) is 12.6. The van der Waals surface area contributed by atoms with E-state index in [1.165, 1.54) is 17.0 Å². The van der Waals surface area contributed by atoms with Crippen LogP contribution in [0.4, 0.5) is 5.69 Å². The van der Waals surface area contributed by atoms with E-state index in [0.717, 1.165) is 17.3 Å². The Morgan fingerprint density at radius 1 is 1.00 bits per heavy atom. The number of likely N-dealkylation sites (N-methyl/N-ethyl adjacent to an activating group) is 1. The summed E-state index contributed by atoms with van der Waals surface area (Å²) < 4.78 is 35.2. The molecule has 0 aliphatic carbocycles. The van der Waals surface area contributed by atoms with Gasteiger partial charge in [-0.3, -0.25) is 9.52 Å². The molecule has 0 spiro atoms. The van der Waals surface area contributed by atoms with E-state index in [0.29, 0.717) is 23.4 Å². The van der Waals surface area contributed by atoms with Crippen molar-refractivity contribution in [3.63, 3.8) is 0 Å². The second-order valence-electron chi connectivity index (χ2n) is 11.2. The van der Waals surface area contributed by atoms with Crippen LogP contribution in [0, 0.1) is 0 Å². The van der Waals surface area contributed by atoms with Crippen molar-refractivity contribution in [3.05, 3.63) is 96.2 Å². The fourth-order valence-corrected chi connectivity index (χ4v) is 5.53. The van der Waals surface area contributed by atoms with Gasteiger partial charge in [0.25, 0.3) is 15.9 Å². The third-order valence-electron chi connectivity index (χ3n) is 7.16. The number of hydrogen-bond acceptors (Lipinski definition) is 7. The van der Waals surface area contributed by atoms with Crippen LogP contribution in [0.1, 0.15) is 42.3 Å². The molecule has 0 saturated heterocycles. The molecular weight excluding hydrogens is 568 g/mol. The lowest BCUT2D eigenvalue weighted by molar-refractivity contribution is -0.131. The lowest BCUT2D eigenvalue weighted by Gasteiger charge is -2.28. The number of aromatic nitrogens is 1. The van der Waals surface area contributed by atoms with Crippen molar-refractivity contribution >= 4 is 38.5 Å². The maximum absolute atomic E-state index is 12.7. The summed E-state index contributed by atoms with van der Waals surface area (Å²) in [7, 11) is -0.534. The first-order valence-electron chi connectivity index (χ1n) is 13.9. The number of carbonyl (C=O) groups excluding carboxylic acids is 2. The molecule has 228 valence electrons. The van der Waals surface area contributed by atoms with Gasteiger partial charge in [0.1, 0.15) is 0 Å². The minimum atomic E-state index is -3.74. The summed E-state index contributed by atoms with van der Waals surface area (Å²) in [5, 5.41) is 15.2. The van der Waals surface area contributed by atoms with Gasteiger partial charge in [-0.15, -0.1) is 0 Å². The molecule has 1 atom stereocenters. The first kappa shape index (κ1) is 31.7. The minimum Gasteiger partial charge on any atom is -0.452 e. The summed E-state index contributed by atoms with van der Waals surface area (Å²) in [6.07, 6.45) is 1.86. The highest BCUT2D eigenvalue weighted by Gasteiger charge is 2.21. The average Bonchev–Trinajstić information content (AvgIpc) is 3.40. The summed E-state index contributed by atoms with van der Waals surface area (Å²) in [6.45, 7) is 4.77. The fourth-order valence-electron chi connectivity index (χ4n) is 4.46. The van der Waals surface area contributed by atoms with Gasteiger partial charge in [-0.2, -0.15) is 0 Å². The minimum absolute atomic E-state index is 0.163. The van der Waals surface area contributed by atoms with Gasteiger partial charge in [-0.05, 0) is 74.4 Å². The van der Waals surface area contributed by atoms with Gasteiger partial charge in [0, 0.05) is 55.5 Å². The summed E-state index contributed by atoms with van der Waals surface area (Å²) in [4.78, 5) is 25.6. The van der Waals surface area contributed by atoms with Crippen molar-refractivity contribution in [1.29, 1.82) is 0 Å². The second kappa shape index (κ2) is 13.4. The number of β-amino-alcohol motifs (C(OH)–C–C–N with tert-alkyl or cyclic N) is 1. The van der Waals surface area contributed by atoms with Crippen LogP contribution < -0.4 is 10.0 Å². The van der Waals surface area contributed by atoms with Crippen LogP contribution in [0.5, 0.6) is 0 Å². The number of benzene rings is 3. The van der Waals surface area contributed by atoms with Crippen molar-refractivity contribution in [1.82, 2.24) is 14.8 Å². The molecule has 0 aliphatic rings. The molecule has 0 radical (unpaired) electrons. The Hall–Kier alpha value is -4.19. The molecule has 43 heavy (non-hydrogen) atoms. The first-order chi connectivity index (χ1) is 20.3. The highest BCUT2D eigenvalue weighted by atomic mass is 32.2. The lowest BCUT2D eigenvalue weighted by Crippen LogP contribution is -2.42. The van der Waals surface area contributed by atoms with Crippen molar-refractivity contribution < 1.29 is 27.9 Å². The molecule has 1 heterocycles. The molecule has 0 aliphatic heterocycles. The van der Waals surface area contributed by atoms with Crippen LogP contribution >= 0.6 is 0 Å². The number of esters is 1. The number of ether oxygens (including phenoxy) is 1. The Kier molecular flexibility index (Phi) is 9.90. The SMILES string of the molecule is CN(C)C(=O)COC(=O)c1ccc2c(ccn2CCC(C)(C)NC[C@H](O)c2cccc(NS(=O)(=O)c3ccccc3)c2)c1. The molecule has 3 N–H and O–H groups in total. The average molecular weight is 607 g/mol. The van der Waals surface area contributed by atoms with Crippen LogP contribution in [-0.4, -0.2) is 67.7 Å². The maximum atomic E-state index is 12.7. The number of aliphatic hydroxyl groups excluding tert-OH is 1. The molecular formula is C32H38N4O6S. The van der Waals surface area contributed by atoms with Crippen molar-refractivity contribution in [2.45, 2.75) is 43.4 Å². The highest BCUT2D eigenvalue weighted by Crippen LogP contribution is 2.23. The van der Waals surface area contributed by atoms with Crippen LogP contribution in [0.15, 0.2) is 90.0 Å². The van der Waals surface area contributed by atoms with E-state index in [-0.39, 0.29) is 29.5 Å². The molecule has 4 aromatic rings. The molecule has 0 bridgehead atoms. The van der Waals surface area contributed by atoms with E-state index in [4.69, 9.17) is 4.74 Å². The van der Waals surface area contributed by atoms with Gasteiger partial charge in [-0.1, -0.05) is 30.3 Å². The molecule has 11 heteroatoms. The third-order valence-corrected chi connectivity index (χ3v) is 8.56. The zero-order valence-corrected chi connectivity index (χ0v) is 25.6. The number of aryl methyl sites for hydroxylation is 1. The fraction of sp³-hybridized carbons (Fsp3) is 0.312. The van der Waals surface area contributed by atoms with Crippen molar-refractivity contribution in [3.8, 4) is 0 Å². The monoisotopic (exact) mass is 606 g/mol. The van der Waals surface area contributed by atoms with E-state index in [1.807, 2.05) is 18.3 Å². The Labute approximate surface area is 252 Å². The summed E-state index contributed by atoms with van der Waals surface area (Å²) in [5.41, 5.74) is 1.98. The molecule has 1 amide bonds. The van der Waals surface area contributed by atoms with Crippen LogP contribution in [0.2, 0.25) is 0 Å². The summed E-state index contributed by atoms with van der Waals surface area (Å²) in [6, 6.07) is 22.1. The third kappa shape index (κ3) is 8.44. The van der Waals surface area contributed by atoms with E-state index >= 15 is 0 Å². The van der Waals surface area contributed by atoms with Crippen LogP contribution in [0.25, 0.3) is 10.9 Å². The van der Waals surface area contributed by atoms with Gasteiger partial charge in [0.2, 0.25) is 0 Å². The Morgan fingerprint density at radius 2 is 1.74 bits per heavy atom. The molecule has 1 aromatic heterocycles. The maximum Gasteiger partial charge on any atom is 0.338 e. The lowest BCUT2D eigenvalue weighted by atomic mass is 9.99. The second-order valence-corrected chi connectivity index (χ2v) is 12.9. The Bertz CT molecular complexity index is 1680. The Balaban J connectivity index is 1.32. The smallest absolute Gasteiger partial charge is 0.338 e. The van der Waals surface area contributed by atoms with Crippen molar-refractivity contribution in [2.24, 2.45) is 0 Å². The number of hydrogen-bond donors (Lipinski definition) is 3. The van der Waals surface area contributed by atoms with Gasteiger partial charge in [-0.25, -0.2) is 13.2 Å². The number of amides is 1. The van der Waals surface area contributed by atoms with Gasteiger partial charge in [0.15, 0.2) is 6.61 Å². The zero-order valence-electron chi connectivity index (χ0n) is 24.8. The Morgan fingerprint density at radius 3 is 2.47 bits per heavy atom. The number of carbonyl (C=O) groups is 2. The topological polar surface area (TPSA) is 130 Å². The predicted molar refractivity (Wildman–Crippen MR) is 166 cm³/mol. The molecule has 10 nitrogen and oxygen atoms in total. The number of aliphatic hydroxyl groups is 1. The molecule has 3 aromatic carbocycles. The number of sulfonamides is 1. The largest absolute Gasteiger partial charge is 0.452 e. The van der Waals surface area contributed by atoms with Crippen LogP contribution in [-0.2, 0) is 26.1 Å². The van der Waals surface area contributed by atoms with Crippen molar-refractivity contribution in [2.75, 3.05) is 32.0 Å². The van der Waals surface area contributed by atoms with E-state index in [1.54, 1.807) is 68.7 Å². The molecule has 0 saturated carbocycles. The van der Waals surface area contributed by atoms with E-state index in [9.17, 15) is 23.1 Å². The molecule has 0 unspecified atom stereocenters. The van der Waals surface area contributed by atoms with E-state index < -0.39 is 22.1 Å². The van der Waals surface area contributed by atoms with Gasteiger partial charge in [0.05, 0.1) is 16.6 Å². The first-order valence-corrected chi connectivity index (χ1v) is 15.4. The molecule has 0 fully saturated rings. The number of nitrogens with one attached hydrogen (secondary N) is 2. The van der Waals surface area contributed by atoms with E-state index in [2.05, 4.69) is 28.5 Å². The quantitative estimate of drug-likeness (QED) is 0.195. The standard InChI is InChI=1S/C32H38N4O6S/c1-32(2,16-18-36-17-15-23-19-25(13-14-28(23)36)31(39)42-22-30(38)35(3)4)33-21-29(37)24-9-8-10-26(20-24)34-43(40,41)27-11-6-5-7-12-27/h5-15,17,19-20,29,33-34,37H,16,18,21-22H2,1-4H3/t29-/m0/s1. The number of rotatable bonds is 13. The molecule has 4 rings (SSSR count). The predicted octanol–water partition coefficient (Wildman–Crippen LogP) is 4.18. The zero-order chi connectivity index (χ0) is 31.2.